The fourth-order valence-electron chi connectivity index (χ4n) is 3.54. The molecule has 0 aliphatic heterocycles. The van der Waals surface area contributed by atoms with E-state index in [1.807, 2.05) is 66.1 Å². The van der Waals surface area contributed by atoms with Crippen molar-refractivity contribution >= 4 is 56.6 Å². The van der Waals surface area contributed by atoms with Crippen LogP contribution >= 0.6 is 27.7 Å². The molecule has 0 aliphatic carbocycles. The summed E-state index contributed by atoms with van der Waals surface area (Å²) in [5.74, 6) is 0.512. The van der Waals surface area contributed by atoms with Gasteiger partial charge in [-0.25, -0.2) is 0 Å². The first kappa shape index (κ1) is 25.5. The van der Waals surface area contributed by atoms with Crippen LogP contribution in [-0.2, 0) is 9.59 Å². The average Bonchev–Trinajstić information content (AvgIpc) is 3.29. The highest BCUT2D eigenvalue weighted by Crippen LogP contribution is 2.27. The lowest BCUT2D eigenvalue weighted by molar-refractivity contribution is -0.114. The fourth-order valence-corrected chi connectivity index (χ4v) is 4.56. The summed E-state index contributed by atoms with van der Waals surface area (Å²) < 4.78 is 2.97. The van der Waals surface area contributed by atoms with E-state index in [1.54, 1.807) is 24.3 Å². The molecule has 3 N–H and O–H groups in total. The molecular weight excluding hydrogens is 540 g/mol. The Hall–Kier alpha value is -3.63. The molecule has 184 valence electrons. The Bertz CT molecular complexity index is 1340. The molecule has 4 rings (SSSR count). The van der Waals surface area contributed by atoms with Crippen LogP contribution in [0.15, 0.2) is 88.5 Å². The first-order valence-corrected chi connectivity index (χ1v) is 13.0. The second-order valence-corrected chi connectivity index (χ2v) is 9.84. The number of carbonyl (C=O) groups is 2. The van der Waals surface area contributed by atoms with Gasteiger partial charge in [-0.3, -0.25) is 14.2 Å². The fraction of sp³-hybridized carbons (Fsp3) is 0.154. The zero-order chi connectivity index (χ0) is 25.5. The summed E-state index contributed by atoms with van der Waals surface area (Å²) >= 11 is 4.76. The Labute approximate surface area is 222 Å². The molecule has 2 amide bonds. The number of amides is 2. The lowest BCUT2D eigenvalue weighted by Gasteiger charge is -2.17. The standard InChI is InChI=1S/C26H25BrN6O2S/c1-17(28-20-13-11-19(27)12-14-20)25-31-32-26(33(25)23-9-4-3-5-10-23)36-16-24(35)30-22-8-6-7-21(15-22)29-18(2)34/h3-15,17,28H,16H2,1-2H3,(H,29,34)(H,30,35)/t17-/m0/s1. The summed E-state index contributed by atoms with van der Waals surface area (Å²) in [7, 11) is 0. The summed E-state index contributed by atoms with van der Waals surface area (Å²) in [5.41, 5.74) is 3.09. The van der Waals surface area contributed by atoms with E-state index in [2.05, 4.69) is 42.1 Å². The topological polar surface area (TPSA) is 101 Å². The van der Waals surface area contributed by atoms with Crippen molar-refractivity contribution in [3.63, 3.8) is 0 Å². The van der Waals surface area contributed by atoms with Crippen LogP contribution in [0.25, 0.3) is 5.69 Å². The number of rotatable bonds is 9. The lowest BCUT2D eigenvalue weighted by atomic mass is 10.2. The van der Waals surface area contributed by atoms with Crippen molar-refractivity contribution in [3.8, 4) is 5.69 Å². The van der Waals surface area contributed by atoms with Gasteiger partial charge < -0.3 is 16.0 Å². The van der Waals surface area contributed by atoms with Crippen LogP contribution in [-0.4, -0.2) is 32.3 Å². The Morgan fingerprint density at radius 2 is 1.61 bits per heavy atom. The van der Waals surface area contributed by atoms with E-state index in [0.29, 0.717) is 16.5 Å². The number of benzene rings is 3. The van der Waals surface area contributed by atoms with Crippen molar-refractivity contribution in [3.05, 3.63) is 89.2 Å². The second kappa shape index (κ2) is 11.9. The second-order valence-electron chi connectivity index (χ2n) is 7.98. The van der Waals surface area contributed by atoms with E-state index < -0.39 is 0 Å². The molecule has 0 bridgehead atoms. The molecule has 1 aromatic heterocycles. The van der Waals surface area contributed by atoms with Gasteiger partial charge in [0, 0.05) is 34.1 Å². The third-order valence-corrected chi connectivity index (χ3v) is 6.54. The quantitative estimate of drug-likeness (QED) is 0.219. The molecule has 0 saturated carbocycles. The van der Waals surface area contributed by atoms with Crippen molar-refractivity contribution in [1.82, 2.24) is 14.8 Å². The van der Waals surface area contributed by atoms with Crippen LogP contribution < -0.4 is 16.0 Å². The summed E-state index contributed by atoms with van der Waals surface area (Å²) in [4.78, 5) is 24.0. The van der Waals surface area contributed by atoms with Crippen molar-refractivity contribution in [2.45, 2.75) is 25.0 Å². The smallest absolute Gasteiger partial charge is 0.234 e. The number of nitrogens with one attached hydrogen (secondary N) is 3. The first-order chi connectivity index (χ1) is 17.4. The normalized spacial score (nSPS) is 11.5. The summed E-state index contributed by atoms with van der Waals surface area (Å²) in [6.45, 7) is 3.46. The predicted molar refractivity (Wildman–Crippen MR) is 148 cm³/mol. The monoisotopic (exact) mass is 564 g/mol. The van der Waals surface area contributed by atoms with Crippen LogP contribution in [0.3, 0.4) is 0 Å². The largest absolute Gasteiger partial charge is 0.375 e. The molecule has 0 saturated heterocycles. The van der Waals surface area contributed by atoms with Crippen LogP contribution in [0.2, 0.25) is 0 Å². The Morgan fingerprint density at radius 1 is 0.917 bits per heavy atom. The molecule has 0 aliphatic rings. The van der Waals surface area contributed by atoms with Crippen molar-refractivity contribution < 1.29 is 9.59 Å². The van der Waals surface area contributed by atoms with E-state index in [-0.39, 0.29) is 23.6 Å². The van der Waals surface area contributed by atoms with Gasteiger partial charge in [0.25, 0.3) is 0 Å². The number of carbonyl (C=O) groups excluding carboxylic acids is 2. The van der Waals surface area contributed by atoms with Gasteiger partial charge >= 0.3 is 0 Å². The van der Waals surface area contributed by atoms with Gasteiger partial charge in [0.2, 0.25) is 11.8 Å². The molecule has 0 fully saturated rings. The molecule has 10 heteroatoms. The Balaban J connectivity index is 1.49. The van der Waals surface area contributed by atoms with Gasteiger partial charge in [0.15, 0.2) is 11.0 Å². The number of anilines is 3. The third-order valence-electron chi connectivity index (χ3n) is 5.09. The van der Waals surface area contributed by atoms with Crippen molar-refractivity contribution in [2.75, 3.05) is 21.7 Å². The summed E-state index contributed by atoms with van der Waals surface area (Å²) in [6, 6.07) is 24.6. The number of hydrogen-bond acceptors (Lipinski definition) is 6. The molecule has 36 heavy (non-hydrogen) atoms. The van der Waals surface area contributed by atoms with Crippen LogP contribution in [0.5, 0.6) is 0 Å². The predicted octanol–water partition coefficient (Wildman–Crippen LogP) is 5.89. The average molecular weight is 565 g/mol. The van der Waals surface area contributed by atoms with Crippen LogP contribution in [0.4, 0.5) is 17.1 Å². The minimum absolute atomic E-state index is 0.140. The minimum atomic E-state index is -0.190. The molecule has 3 aromatic carbocycles. The van der Waals surface area contributed by atoms with Gasteiger partial charge in [0.1, 0.15) is 0 Å². The highest BCUT2D eigenvalue weighted by atomic mass is 79.9. The minimum Gasteiger partial charge on any atom is -0.375 e. The molecule has 0 spiro atoms. The van der Waals surface area contributed by atoms with Gasteiger partial charge in [-0.15, -0.1) is 10.2 Å². The van der Waals surface area contributed by atoms with E-state index >= 15 is 0 Å². The van der Waals surface area contributed by atoms with Gasteiger partial charge in [-0.05, 0) is 61.5 Å². The van der Waals surface area contributed by atoms with E-state index in [9.17, 15) is 9.59 Å². The van der Waals surface area contributed by atoms with Crippen LogP contribution in [0.1, 0.15) is 25.7 Å². The molecule has 4 aromatic rings. The maximum absolute atomic E-state index is 12.7. The number of para-hydroxylation sites is 1. The number of halogens is 1. The Morgan fingerprint density at radius 3 is 2.31 bits per heavy atom. The molecule has 1 atom stereocenters. The van der Waals surface area contributed by atoms with Crippen molar-refractivity contribution in [1.29, 1.82) is 0 Å². The number of aromatic nitrogens is 3. The number of thioether (sulfide) groups is 1. The molecular formula is C26H25BrN6O2S. The third kappa shape index (κ3) is 6.73. The maximum atomic E-state index is 12.7. The van der Waals surface area contributed by atoms with E-state index in [4.69, 9.17) is 0 Å². The Kier molecular flexibility index (Phi) is 8.40. The molecule has 8 nitrogen and oxygen atoms in total. The molecule has 0 unspecified atom stereocenters. The van der Waals surface area contributed by atoms with Crippen molar-refractivity contribution in [2.24, 2.45) is 0 Å². The van der Waals surface area contributed by atoms with Gasteiger partial charge in [-0.1, -0.05) is 52.0 Å². The lowest BCUT2D eigenvalue weighted by Crippen LogP contribution is -2.16. The molecule has 1 heterocycles. The summed E-state index contributed by atoms with van der Waals surface area (Å²) in [6.07, 6.45) is 0. The molecule has 0 radical (unpaired) electrons. The number of nitrogens with zero attached hydrogens (tertiary/aromatic N) is 3. The van der Waals surface area contributed by atoms with E-state index in [0.717, 1.165) is 21.7 Å². The van der Waals surface area contributed by atoms with Gasteiger partial charge in [-0.2, -0.15) is 0 Å². The SMILES string of the molecule is CC(=O)Nc1cccc(NC(=O)CSc2nnc([C@H](C)Nc3ccc(Br)cc3)n2-c2ccccc2)c1. The highest BCUT2D eigenvalue weighted by Gasteiger charge is 2.20. The maximum Gasteiger partial charge on any atom is 0.234 e. The van der Waals surface area contributed by atoms with E-state index in [1.165, 1.54) is 18.7 Å². The first-order valence-electron chi connectivity index (χ1n) is 11.2. The summed E-state index contributed by atoms with van der Waals surface area (Å²) in [5, 5.41) is 18.5. The zero-order valence-corrected chi connectivity index (χ0v) is 22.1. The van der Waals surface area contributed by atoms with Crippen LogP contribution in [0, 0.1) is 0 Å². The van der Waals surface area contributed by atoms with Gasteiger partial charge in [0.05, 0.1) is 11.8 Å². The zero-order valence-electron chi connectivity index (χ0n) is 19.7. The highest BCUT2D eigenvalue weighted by molar-refractivity contribution is 9.10. The number of hydrogen-bond donors (Lipinski definition) is 3.